The van der Waals surface area contributed by atoms with E-state index in [0.29, 0.717) is 13.0 Å². The number of ether oxygens (including phenoxy) is 1. The maximum absolute atomic E-state index is 11.6. The molecule has 0 saturated carbocycles. The normalized spacial score (nSPS) is 13.7. The first-order valence-corrected chi connectivity index (χ1v) is 20.7. The van der Waals surface area contributed by atoms with Crippen molar-refractivity contribution in [2.45, 2.75) is 219 Å². The molecule has 0 aromatic carbocycles. The van der Waals surface area contributed by atoms with E-state index in [9.17, 15) is 9.59 Å². The van der Waals surface area contributed by atoms with E-state index in [-0.39, 0.29) is 30.2 Å². The molecule has 282 valence electrons. The highest BCUT2D eigenvalue weighted by molar-refractivity contribution is 5.85. The lowest BCUT2D eigenvalue weighted by atomic mass is 9.98. The summed E-state index contributed by atoms with van der Waals surface area (Å²) >= 11 is 0. The van der Waals surface area contributed by atoms with Crippen molar-refractivity contribution in [1.82, 2.24) is 10.6 Å². The summed E-state index contributed by atoms with van der Waals surface area (Å²) in [5, 5.41) is 6.08. The fourth-order valence-corrected chi connectivity index (χ4v) is 6.29. The molecule has 1 fully saturated rings. The van der Waals surface area contributed by atoms with E-state index < -0.39 is 0 Å². The summed E-state index contributed by atoms with van der Waals surface area (Å²) in [5.41, 5.74) is 0. The quantitative estimate of drug-likeness (QED) is 0.0514. The number of carbonyl (C=O) groups excluding carboxylic acids is 2. The third-order valence-corrected chi connectivity index (χ3v) is 9.60. The molecule has 0 aromatic rings. The first-order chi connectivity index (χ1) is 22.7. The summed E-state index contributed by atoms with van der Waals surface area (Å²) in [6.07, 6.45) is 42.8. The molecule has 1 aliphatic rings. The molecular weight excluding hydrogens is 604 g/mol. The number of rotatable bonds is 35. The minimum Gasteiger partial charge on any atom is -0.464 e. The Morgan fingerprint density at radius 1 is 0.553 bits per heavy atom. The summed E-state index contributed by atoms with van der Waals surface area (Å²) in [4.78, 5) is 22.6. The first kappa shape index (κ1) is 48.3. The predicted molar refractivity (Wildman–Crippen MR) is 208 cm³/mol. The van der Waals surface area contributed by atoms with Crippen LogP contribution in [0.15, 0.2) is 0 Å². The third-order valence-electron chi connectivity index (χ3n) is 9.60. The molecule has 1 atom stereocenters. The van der Waals surface area contributed by atoms with Crippen molar-refractivity contribution in [2.75, 3.05) is 26.7 Å². The van der Waals surface area contributed by atoms with Crippen LogP contribution in [0.5, 0.6) is 0 Å². The van der Waals surface area contributed by atoms with Gasteiger partial charge in [0.2, 0.25) is 5.91 Å². The van der Waals surface area contributed by atoms with Gasteiger partial charge >= 0.3 is 5.97 Å². The number of hydrogen-bond acceptors (Lipinski definition) is 4. The Bertz CT molecular complexity index is 634. The molecular formula is C41H83ClN2O3. The molecule has 1 saturated heterocycles. The van der Waals surface area contributed by atoms with E-state index in [2.05, 4.69) is 24.5 Å². The van der Waals surface area contributed by atoms with Crippen LogP contribution in [0.3, 0.4) is 0 Å². The van der Waals surface area contributed by atoms with Crippen molar-refractivity contribution < 1.29 is 14.3 Å². The van der Waals surface area contributed by atoms with Crippen molar-refractivity contribution in [3.8, 4) is 0 Å². The van der Waals surface area contributed by atoms with Crippen LogP contribution >= 0.6 is 12.4 Å². The summed E-state index contributed by atoms with van der Waals surface area (Å²) in [6.45, 7) is 7.01. The molecule has 1 rings (SSSR count). The van der Waals surface area contributed by atoms with Crippen LogP contribution < -0.4 is 10.6 Å². The number of esters is 1. The molecule has 47 heavy (non-hydrogen) atoms. The molecule has 1 aliphatic heterocycles. The van der Waals surface area contributed by atoms with E-state index in [1.165, 1.54) is 180 Å². The van der Waals surface area contributed by atoms with Crippen molar-refractivity contribution in [3.05, 3.63) is 0 Å². The zero-order valence-corrected chi connectivity index (χ0v) is 32.8. The smallest absolute Gasteiger partial charge is 0.312 e. The zero-order chi connectivity index (χ0) is 33.6. The Morgan fingerprint density at radius 3 is 1.23 bits per heavy atom. The first-order valence-electron chi connectivity index (χ1n) is 20.7. The number of cyclic esters (lactones) is 1. The van der Waals surface area contributed by atoms with E-state index in [1.807, 2.05) is 7.05 Å². The molecule has 0 radical (unpaired) electrons. The predicted octanol–water partition coefficient (Wildman–Crippen LogP) is 12.4. The lowest BCUT2D eigenvalue weighted by molar-refractivity contribution is -0.169. The molecule has 1 amide bonds. The average molecular weight is 688 g/mol. The second-order valence-corrected chi connectivity index (χ2v) is 14.2. The van der Waals surface area contributed by atoms with Crippen LogP contribution in [0.2, 0.25) is 0 Å². The fraction of sp³-hybridized carbons (Fsp3) is 0.951. The lowest BCUT2D eigenvalue weighted by Gasteiger charge is -2.24. The second kappa shape index (κ2) is 41.4. The molecule has 2 N–H and O–H groups in total. The molecule has 6 heteroatoms. The molecule has 0 aromatic heterocycles. The Hall–Kier alpha value is -0.810. The number of halogens is 1. The van der Waals surface area contributed by atoms with Gasteiger partial charge in [-0.05, 0) is 32.9 Å². The van der Waals surface area contributed by atoms with Gasteiger partial charge in [0.05, 0.1) is 5.92 Å². The number of unbranched alkanes of at least 4 members (excludes halogenated alkanes) is 27. The van der Waals surface area contributed by atoms with E-state index in [4.69, 9.17) is 4.74 Å². The van der Waals surface area contributed by atoms with E-state index in [0.717, 1.165) is 32.4 Å². The minimum absolute atomic E-state index is 0. The maximum atomic E-state index is 11.6. The van der Waals surface area contributed by atoms with Crippen LogP contribution in [0.1, 0.15) is 219 Å². The Balaban J connectivity index is 0. The standard InChI is InChI=1S/C22H46N2O.C19H36O2.ClH/c1-3-4-5-6-7-8-9-10-11-12-13-14-15-16-17-19-22(25)24-21-18-20-23-2;1-2-3-4-5-6-7-8-9-10-11-12-13-14-15-16-18-17-21-19(18)20;/h23H,3-21H2,1-2H3,(H,24,25);18H,2-17H2,1H3;1H. The van der Waals surface area contributed by atoms with Gasteiger partial charge in [-0.1, -0.05) is 194 Å². The molecule has 5 nitrogen and oxygen atoms in total. The van der Waals surface area contributed by atoms with E-state index in [1.54, 1.807) is 0 Å². The summed E-state index contributed by atoms with van der Waals surface area (Å²) in [7, 11) is 1.94. The topological polar surface area (TPSA) is 67.4 Å². The van der Waals surface area contributed by atoms with E-state index >= 15 is 0 Å². The highest BCUT2D eigenvalue weighted by atomic mass is 35.5. The lowest BCUT2D eigenvalue weighted by Crippen LogP contribution is -2.34. The number of nitrogens with one attached hydrogen (secondary N) is 2. The maximum Gasteiger partial charge on any atom is 0.312 e. The highest BCUT2D eigenvalue weighted by Gasteiger charge is 2.29. The SMILES string of the molecule is CCCCCCCCCCCCCCCCC1COC1=O.CCCCCCCCCCCCCCCCCC(=O)NCCCNC.Cl. The van der Waals surface area contributed by atoms with Gasteiger partial charge in [-0.2, -0.15) is 0 Å². The summed E-state index contributed by atoms with van der Waals surface area (Å²) in [5.74, 6) is 0.498. The van der Waals surface area contributed by atoms with Crippen LogP contribution in [0.25, 0.3) is 0 Å². The monoisotopic (exact) mass is 687 g/mol. The largest absolute Gasteiger partial charge is 0.464 e. The van der Waals surface area contributed by atoms with Crippen LogP contribution in [-0.2, 0) is 14.3 Å². The Kier molecular flexibility index (Phi) is 42.5. The average Bonchev–Trinajstić information content (AvgIpc) is 3.06. The number of hydrogen-bond donors (Lipinski definition) is 2. The van der Waals surface area contributed by atoms with Crippen molar-refractivity contribution in [2.24, 2.45) is 5.92 Å². The van der Waals surface area contributed by atoms with Crippen molar-refractivity contribution in [1.29, 1.82) is 0 Å². The highest BCUT2D eigenvalue weighted by Crippen LogP contribution is 2.21. The molecule has 0 bridgehead atoms. The van der Waals surface area contributed by atoms with Crippen LogP contribution in [0, 0.1) is 5.92 Å². The van der Waals surface area contributed by atoms with Gasteiger partial charge in [0, 0.05) is 13.0 Å². The zero-order valence-electron chi connectivity index (χ0n) is 32.0. The van der Waals surface area contributed by atoms with Gasteiger partial charge in [-0.15, -0.1) is 12.4 Å². The van der Waals surface area contributed by atoms with Crippen LogP contribution in [-0.4, -0.2) is 38.6 Å². The minimum atomic E-state index is 0. The second-order valence-electron chi connectivity index (χ2n) is 14.2. The van der Waals surface area contributed by atoms with Gasteiger partial charge in [-0.3, -0.25) is 9.59 Å². The number of amides is 1. The molecule has 1 heterocycles. The molecule has 0 spiro atoms. The van der Waals surface area contributed by atoms with Gasteiger partial charge in [0.25, 0.3) is 0 Å². The number of carbonyl (C=O) groups is 2. The van der Waals surface area contributed by atoms with Crippen molar-refractivity contribution in [3.63, 3.8) is 0 Å². The summed E-state index contributed by atoms with van der Waals surface area (Å²) in [6, 6.07) is 0. The van der Waals surface area contributed by atoms with Gasteiger partial charge in [0.15, 0.2) is 0 Å². The van der Waals surface area contributed by atoms with Crippen LogP contribution in [0.4, 0.5) is 0 Å². The Morgan fingerprint density at radius 2 is 0.915 bits per heavy atom. The Labute approximate surface area is 300 Å². The molecule has 1 unspecified atom stereocenters. The van der Waals surface area contributed by atoms with Gasteiger partial charge < -0.3 is 15.4 Å². The van der Waals surface area contributed by atoms with Crippen molar-refractivity contribution >= 4 is 24.3 Å². The summed E-state index contributed by atoms with van der Waals surface area (Å²) < 4.78 is 4.77. The van der Waals surface area contributed by atoms with Gasteiger partial charge in [0.1, 0.15) is 6.61 Å². The fourth-order valence-electron chi connectivity index (χ4n) is 6.29. The van der Waals surface area contributed by atoms with Gasteiger partial charge in [-0.25, -0.2) is 0 Å². The third kappa shape index (κ3) is 37.9. The molecule has 0 aliphatic carbocycles.